The minimum Gasteiger partial charge on any atom is -0.384 e. The quantitative estimate of drug-likeness (QED) is 0.761. The summed E-state index contributed by atoms with van der Waals surface area (Å²) in [7, 11) is 0. The van der Waals surface area contributed by atoms with Crippen LogP contribution in [0, 0.1) is 0 Å². The Hall–Kier alpha value is -1.28. The van der Waals surface area contributed by atoms with E-state index in [1.165, 1.54) is 11.3 Å². The maximum absolute atomic E-state index is 3.81. The third kappa shape index (κ3) is 2.27. The van der Waals surface area contributed by atoms with Gasteiger partial charge >= 0.3 is 0 Å². The molecular weight excluding hydrogens is 196 g/mol. The molecule has 86 valence electrons. The van der Waals surface area contributed by atoms with Crippen molar-refractivity contribution in [3.63, 3.8) is 0 Å². The van der Waals surface area contributed by atoms with Gasteiger partial charge in [0.1, 0.15) is 0 Å². The van der Waals surface area contributed by atoms with Crippen molar-refractivity contribution >= 4 is 5.69 Å². The number of hydrogen-bond acceptors (Lipinski definition) is 2. The Labute approximate surface area is 98.0 Å². The zero-order chi connectivity index (χ0) is 11.4. The molecule has 0 aliphatic carbocycles. The summed E-state index contributed by atoms with van der Waals surface area (Å²) in [6, 6.07) is 8.62. The van der Waals surface area contributed by atoms with Crippen LogP contribution in [-0.4, -0.2) is 31.1 Å². The molecule has 0 spiro atoms. The molecule has 1 aromatic rings. The van der Waals surface area contributed by atoms with E-state index in [-0.39, 0.29) is 0 Å². The molecule has 2 rings (SSSR count). The van der Waals surface area contributed by atoms with E-state index in [9.17, 15) is 0 Å². The van der Waals surface area contributed by atoms with Gasteiger partial charge in [0.15, 0.2) is 0 Å². The van der Waals surface area contributed by atoms with Crippen molar-refractivity contribution in [2.75, 3.05) is 31.5 Å². The van der Waals surface area contributed by atoms with Crippen LogP contribution in [0.5, 0.6) is 0 Å². The smallest absolute Gasteiger partial charge is 0.0376 e. The summed E-state index contributed by atoms with van der Waals surface area (Å²) < 4.78 is 0. The zero-order valence-electron chi connectivity index (χ0n) is 9.95. The number of hydrogen-bond donors (Lipinski definition) is 1. The fourth-order valence-corrected chi connectivity index (χ4v) is 2.35. The molecule has 2 nitrogen and oxygen atoms in total. The van der Waals surface area contributed by atoms with Crippen LogP contribution < -0.4 is 5.32 Å². The Balaban J connectivity index is 2.04. The van der Waals surface area contributed by atoms with E-state index in [4.69, 9.17) is 0 Å². The zero-order valence-corrected chi connectivity index (χ0v) is 9.95. The van der Waals surface area contributed by atoms with Crippen LogP contribution in [0.1, 0.15) is 18.4 Å². The van der Waals surface area contributed by atoms with Crippen LogP contribution in [0.3, 0.4) is 0 Å². The number of para-hydroxylation sites is 1. The van der Waals surface area contributed by atoms with Gasteiger partial charge in [0.2, 0.25) is 0 Å². The highest BCUT2D eigenvalue weighted by molar-refractivity contribution is 5.57. The Kier molecular flexibility index (Phi) is 3.62. The first-order chi connectivity index (χ1) is 7.85. The predicted octanol–water partition coefficient (Wildman–Crippen LogP) is 2.70. The van der Waals surface area contributed by atoms with Gasteiger partial charge in [-0.2, -0.15) is 0 Å². The fraction of sp³-hybridized carbons (Fsp3) is 0.429. The van der Waals surface area contributed by atoms with E-state index in [1.807, 2.05) is 6.08 Å². The first-order valence-electron chi connectivity index (χ1n) is 6.01. The van der Waals surface area contributed by atoms with Crippen LogP contribution in [0.2, 0.25) is 0 Å². The molecule has 0 aromatic heterocycles. The molecule has 1 aliphatic rings. The highest BCUT2D eigenvalue weighted by atomic mass is 15.1. The van der Waals surface area contributed by atoms with Crippen molar-refractivity contribution in [2.24, 2.45) is 0 Å². The number of fused-ring (bicyclic) bond motifs is 1. The van der Waals surface area contributed by atoms with Gasteiger partial charge in [0.05, 0.1) is 0 Å². The summed E-state index contributed by atoms with van der Waals surface area (Å²) in [6.45, 7) is 10.3. The summed E-state index contributed by atoms with van der Waals surface area (Å²) >= 11 is 0. The van der Waals surface area contributed by atoms with Crippen LogP contribution in [0.25, 0.3) is 0 Å². The number of nitrogens with zero attached hydrogens (tertiary/aromatic N) is 1. The van der Waals surface area contributed by atoms with Gasteiger partial charge in [0, 0.05) is 31.2 Å². The van der Waals surface area contributed by atoms with Crippen molar-refractivity contribution in [1.29, 1.82) is 0 Å². The Bertz CT molecular complexity index is 360. The van der Waals surface area contributed by atoms with Gasteiger partial charge in [-0.05, 0) is 18.2 Å². The summed E-state index contributed by atoms with van der Waals surface area (Å²) in [5.74, 6) is 0.621. The van der Waals surface area contributed by atoms with Crippen LogP contribution in [0.15, 0.2) is 36.9 Å². The number of rotatable bonds is 5. The molecule has 0 fully saturated rings. The van der Waals surface area contributed by atoms with Crippen molar-refractivity contribution in [2.45, 2.75) is 12.8 Å². The number of benzene rings is 1. The molecule has 1 unspecified atom stereocenters. The normalized spacial score (nSPS) is 18.2. The van der Waals surface area contributed by atoms with E-state index in [0.29, 0.717) is 5.92 Å². The van der Waals surface area contributed by atoms with Gasteiger partial charge in [0.25, 0.3) is 0 Å². The van der Waals surface area contributed by atoms with Gasteiger partial charge in [-0.15, -0.1) is 6.58 Å². The molecule has 1 heterocycles. The highest BCUT2D eigenvalue weighted by Crippen LogP contribution is 2.31. The lowest BCUT2D eigenvalue weighted by atomic mass is 10.0. The molecule has 0 bridgehead atoms. The van der Waals surface area contributed by atoms with Gasteiger partial charge in [-0.1, -0.05) is 31.2 Å². The predicted molar refractivity (Wildman–Crippen MR) is 70.0 cm³/mol. The van der Waals surface area contributed by atoms with E-state index in [0.717, 1.165) is 26.2 Å². The lowest BCUT2D eigenvalue weighted by Gasteiger charge is -2.22. The fourth-order valence-electron chi connectivity index (χ4n) is 2.35. The average molecular weight is 216 g/mol. The molecule has 1 N–H and O–H groups in total. The molecule has 0 amide bonds. The molecule has 1 aromatic carbocycles. The lowest BCUT2D eigenvalue weighted by Crippen LogP contribution is -2.29. The first-order valence-corrected chi connectivity index (χ1v) is 6.01. The molecule has 0 saturated carbocycles. The minimum absolute atomic E-state index is 0.621. The van der Waals surface area contributed by atoms with Gasteiger partial charge in [-0.25, -0.2) is 0 Å². The number of anilines is 1. The standard InChI is InChI=1S/C14H20N2/c1-3-9-16(4-2)11-12-10-15-14-8-6-5-7-13(12)14/h3,5-8,12,15H,1,4,9-11H2,2H3. The monoisotopic (exact) mass is 216 g/mol. The van der Waals surface area contributed by atoms with Crippen molar-refractivity contribution in [3.8, 4) is 0 Å². The Morgan fingerprint density at radius 1 is 1.50 bits per heavy atom. The Morgan fingerprint density at radius 3 is 3.06 bits per heavy atom. The van der Waals surface area contributed by atoms with Crippen LogP contribution in [0.4, 0.5) is 5.69 Å². The van der Waals surface area contributed by atoms with Crippen LogP contribution >= 0.6 is 0 Å². The van der Waals surface area contributed by atoms with Crippen LogP contribution in [-0.2, 0) is 0 Å². The second kappa shape index (κ2) is 5.17. The summed E-state index contributed by atoms with van der Waals surface area (Å²) in [5.41, 5.74) is 2.77. The maximum Gasteiger partial charge on any atom is 0.0376 e. The van der Waals surface area contributed by atoms with E-state index in [1.54, 1.807) is 0 Å². The number of nitrogens with one attached hydrogen (secondary N) is 1. The third-order valence-corrected chi connectivity index (χ3v) is 3.25. The molecule has 0 radical (unpaired) electrons. The molecule has 0 saturated heterocycles. The van der Waals surface area contributed by atoms with E-state index < -0.39 is 0 Å². The van der Waals surface area contributed by atoms with Crippen molar-refractivity contribution < 1.29 is 0 Å². The average Bonchev–Trinajstić information content (AvgIpc) is 2.72. The summed E-state index contributed by atoms with van der Waals surface area (Å²) in [4.78, 5) is 2.43. The number of likely N-dealkylation sites (N-methyl/N-ethyl adjacent to an activating group) is 1. The largest absolute Gasteiger partial charge is 0.384 e. The van der Waals surface area contributed by atoms with Gasteiger partial charge in [-0.3, -0.25) is 4.90 Å². The summed E-state index contributed by atoms with van der Waals surface area (Å²) in [5, 5.41) is 3.47. The molecule has 16 heavy (non-hydrogen) atoms. The molecule has 1 aliphatic heterocycles. The second-order valence-electron chi connectivity index (χ2n) is 4.31. The van der Waals surface area contributed by atoms with Crippen molar-refractivity contribution in [1.82, 2.24) is 4.90 Å². The highest BCUT2D eigenvalue weighted by Gasteiger charge is 2.22. The van der Waals surface area contributed by atoms with Crippen molar-refractivity contribution in [3.05, 3.63) is 42.5 Å². The maximum atomic E-state index is 3.81. The van der Waals surface area contributed by atoms with E-state index in [2.05, 4.69) is 48.0 Å². The SMILES string of the molecule is C=CCN(CC)CC1CNc2ccccc21. The second-order valence-corrected chi connectivity index (χ2v) is 4.31. The topological polar surface area (TPSA) is 15.3 Å². The van der Waals surface area contributed by atoms with E-state index >= 15 is 0 Å². The Morgan fingerprint density at radius 2 is 2.31 bits per heavy atom. The molecular formula is C14H20N2. The third-order valence-electron chi connectivity index (χ3n) is 3.25. The van der Waals surface area contributed by atoms with Gasteiger partial charge < -0.3 is 5.32 Å². The first kappa shape index (κ1) is 11.2. The molecule has 2 heteroatoms. The summed E-state index contributed by atoms with van der Waals surface area (Å²) in [6.07, 6.45) is 1.98. The lowest BCUT2D eigenvalue weighted by molar-refractivity contribution is 0.303. The molecule has 1 atom stereocenters. The minimum atomic E-state index is 0.621.